The maximum absolute atomic E-state index is 10.8. The molecule has 0 aromatic heterocycles. The fraction of sp³-hybridized carbons (Fsp3) is 0.714. The average Bonchev–Trinajstić information content (AvgIpc) is 2.02. The van der Waals surface area contributed by atoms with Crippen LogP contribution >= 0.6 is 0 Å². The van der Waals surface area contributed by atoms with Crippen LogP contribution in [0.5, 0.6) is 0 Å². The molecule has 0 atom stereocenters. The second-order valence-corrected chi connectivity index (χ2v) is 2.32. The van der Waals surface area contributed by atoms with E-state index in [9.17, 15) is 9.59 Å². The Morgan fingerprint density at radius 3 is 2.08 bits per heavy atom. The van der Waals surface area contributed by atoms with Crippen LogP contribution in [0.25, 0.3) is 0 Å². The highest BCUT2D eigenvalue weighted by molar-refractivity contribution is 5.90. The monoisotopic (exact) mass is 192 g/mol. The molecule has 1 N–H and O–H groups in total. The van der Waals surface area contributed by atoms with Gasteiger partial charge in [0.2, 0.25) is 0 Å². The van der Waals surface area contributed by atoms with Crippen LogP contribution in [0.1, 0.15) is 13.3 Å². The zero-order chi connectivity index (χ0) is 10.5. The van der Waals surface area contributed by atoms with Crippen LogP contribution in [0.2, 0.25) is 0 Å². The first kappa shape index (κ1) is 11.9. The molecule has 0 saturated heterocycles. The van der Waals surface area contributed by atoms with E-state index in [2.05, 4.69) is 14.2 Å². The number of rotatable bonds is 5. The van der Waals surface area contributed by atoms with Crippen molar-refractivity contribution in [2.75, 3.05) is 14.2 Å². The number of carbonyl (C=O) groups is 2. The highest BCUT2D eigenvalue weighted by atomic mass is 16.9. The van der Waals surface area contributed by atoms with Gasteiger partial charge in [0, 0.05) is 21.1 Å². The molecular weight excluding hydrogens is 180 g/mol. The third-order valence-corrected chi connectivity index (χ3v) is 1.34. The Bertz CT molecular complexity index is 195. The van der Waals surface area contributed by atoms with Crippen LogP contribution in [0.15, 0.2) is 0 Å². The number of ether oxygens (including phenoxy) is 3. The molecule has 0 saturated carbocycles. The van der Waals surface area contributed by atoms with Crippen molar-refractivity contribution in [1.29, 1.82) is 0 Å². The van der Waals surface area contributed by atoms with Gasteiger partial charge in [0.1, 0.15) is 6.42 Å². The smallest absolute Gasteiger partial charge is 0.325 e. The Balaban J connectivity index is 4.09. The van der Waals surface area contributed by atoms with Crippen LogP contribution < -0.4 is 0 Å². The summed E-state index contributed by atoms with van der Waals surface area (Å²) in [6, 6.07) is 0. The quantitative estimate of drug-likeness (QED) is 0.374. The Morgan fingerprint density at radius 1 is 1.31 bits per heavy atom. The van der Waals surface area contributed by atoms with Gasteiger partial charge in [-0.25, -0.2) is 0 Å². The van der Waals surface area contributed by atoms with Crippen molar-refractivity contribution in [2.24, 2.45) is 0 Å². The van der Waals surface area contributed by atoms with Crippen LogP contribution in [-0.4, -0.2) is 37.2 Å². The minimum absolute atomic E-state index is 0.720. The van der Waals surface area contributed by atoms with Crippen molar-refractivity contribution < 1.29 is 28.9 Å². The van der Waals surface area contributed by atoms with Crippen molar-refractivity contribution in [3.63, 3.8) is 0 Å². The number of aliphatic carboxylic acids is 1. The molecule has 0 aromatic carbocycles. The number of carboxylic acid groups (broad SMARTS) is 1. The van der Waals surface area contributed by atoms with E-state index in [1.54, 1.807) is 0 Å². The molecule has 0 bridgehead atoms. The Labute approximate surface area is 75.4 Å². The van der Waals surface area contributed by atoms with Gasteiger partial charge in [0.25, 0.3) is 0 Å². The SMILES string of the molecule is COC(C)(OC)OC(=O)CC(=O)O. The maximum atomic E-state index is 10.8. The Morgan fingerprint density at radius 2 is 1.77 bits per heavy atom. The maximum Gasteiger partial charge on any atom is 0.325 e. The summed E-state index contributed by atoms with van der Waals surface area (Å²) in [5.41, 5.74) is 0. The van der Waals surface area contributed by atoms with E-state index in [1.165, 1.54) is 21.1 Å². The molecule has 0 radical (unpaired) electrons. The molecular formula is C7H12O6. The summed E-state index contributed by atoms with van der Waals surface area (Å²) in [7, 11) is 2.55. The molecule has 0 rings (SSSR count). The van der Waals surface area contributed by atoms with Crippen LogP contribution in [-0.2, 0) is 23.8 Å². The molecule has 0 aliphatic heterocycles. The summed E-state index contributed by atoms with van der Waals surface area (Å²) in [5.74, 6) is -3.70. The summed E-state index contributed by atoms with van der Waals surface area (Å²) in [5, 5.41) is 8.24. The Hall–Kier alpha value is -1.14. The number of hydrogen-bond acceptors (Lipinski definition) is 5. The topological polar surface area (TPSA) is 82.1 Å². The first-order valence-electron chi connectivity index (χ1n) is 3.47. The number of carbonyl (C=O) groups excluding carboxylic acids is 1. The van der Waals surface area contributed by atoms with E-state index in [0.717, 1.165) is 0 Å². The second kappa shape index (κ2) is 4.78. The minimum atomic E-state index is -1.52. The van der Waals surface area contributed by atoms with Crippen molar-refractivity contribution in [3.8, 4) is 0 Å². The average molecular weight is 192 g/mol. The second-order valence-electron chi connectivity index (χ2n) is 2.32. The van der Waals surface area contributed by atoms with Gasteiger partial charge in [-0.1, -0.05) is 0 Å². The third kappa shape index (κ3) is 4.44. The van der Waals surface area contributed by atoms with E-state index in [1.807, 2.05) is 0 Å². The molecule has 0 fully saturated rings. The lowest BCUT2D eigenvalue weighted by atomic mass is 10.4. The zero-order valence-electron chi connectivity index (χ0n) is 7.70. The Kier molecular flexibility index (Phi) is 4.36. The van der Waals surface area contributed by atoms with Crippen LogP contribution in [0.3, 0.4) is 0 Å². The summed E-state index contributed by atoms with van der Waals surface area (Å²) >= 11 is 0. The molecule has 0 unspecified atom stereocenters. The number of carboxylic acids is 1. The number of hydrogen-bond donors (Lipinski definition) is 1. The fourth-order valence-corrected chi connectivity index (χ4v) is 0.533. The van der Waals surface area contributed by atoms with E-state index in [4.69, 9.17) is 5.11 Å². The normalized spacial score (nSPS) is 11.0. The number of esters is 1. The summed E-state index contributed by atoms with van der Waals surface area (Å²) in [6.07, 6.45) is -0.720. The first-order chi connectivity index (χ1) is 5.93. The fourth-order valence-electron chi connectivity index (χ4n) is 0.533. The molecule has 0 aromatic rings. The van der Waals surface area contributed by atoms with E-state index >= 15 is 0 Å². The standard InChI is InChI=1S/C7H12O6/c1-7(11-2,12-3)13-6(10)4-5(8)9/h4H2,1-3H3,(H,8,9). The van der Waals surface area contributed by atoms with Gasteiger partial charge in [-0.05, 0) is 0 Å². The van der Waals surface area contributed by atoms with Crippen molar-refractivity contribution >= 4 is 11.9 Å². The summed E-state index contributed by atoms with van der Waals surface area (Å²) < 4.78 is 13.9. The van der Waals surface area contributed by atoms with Gasteiger partial charge in [-0.2, -0.15) is 0 Å². The molecule has 0 amide bonds. The molecule has 0 aliphatic rings. The molecule has 13 heavy (non-hydrogen) atoms. The predicted molar refractivity (Wildman–Crippen MR) is 40.8 cm³/mol. The zero-order valence-corrected chi connectivity index (χ0v) is 7.70. The largest absolute Gasteiger partial charge is 0.481 e. The van der Waals surface area contributed by atoms with Crippen LogP contribution in [0, 0.1) is 0 Å². The molecule has 0 heterocycles. The van der Waals surface area contributed by atoms with Gasteiger partial charge < -0.3 is 19.3 Å². The van der Waals surface area contributed by atoms with E-state index in [-0.39, 0.29) is 0 Å². The van der Waals surface area contributed by atoms with Crippen molar-refractivity contribution in [1.82, 2.24) is 0 Å². The van der Waals surface area contributed by atoms with E-state index in [0.29, 0.717) is 0 Å². The predicted octanol–water partition coefficient (Wildman–Crippen LogP) is -0.0292. The van der Waals surface area contributed by atoms with Gasteiger partial charge >= 0.3 is 17.9 Å². The third-order valence-electron chi connectivity index (χ3n) is 1.34. The highest BCUT2D eigenvalue weighted by Gasteiger charge is 2.28. The first-order valence-corrected chi connectivity index (χ1v) is 3.47. The van der Waals surface area contributed by atoms with Gasteiger partial charge in [-0.15, -0.1) is 0 Å². The summed E-state index contributed by atoms with van der Waals surface area (Å²) in [4.78, 5) is 20.9. The molecule has 76 valence electrons. The van der Waals surface area contributed by atoms with Crippen molar-refractivity contribution in [2.45, 2.75) is 19.3 Å². The highest BCUT2D eigenvalue weighted by Crippen LogP contribution is 2.12. The van der Waals surface area contributed by atoms with Gasteiger partial charge in [0.05, 0.1) is 0 Å². The minimum Gasteiger partial charge on any atom is -0.481 e. The van der Waals surface area contributed by atoms with Crippen LogP contribution in [0.4, 0.5) is 0 Å². The molecule has 0 aliphatic carbocycles. The molecule has 6 heteroatoms. The lowest BCUT2D eigenvalue weighted by Crippen LogP contribution is -2.36. The lowest BCUT2D eigenvalue weighted by Gasteiger charge is -2.24. The number of methoxy groups -OCH3 is 2. The lowest BCUT2D eigenvalue weighted by molar-refractivity contribution is -0.332. The molecule has 0 spiro atoms. The summed E-state index contributed by atoms with van der Waals surface area (Å²) in [6.45, 7) is 1.35. The van der Waals surface area contributed by atoms with E-state index < -0.39 is 24.3 Å². The molecule has 6 nitrogen and oxygen atoms in total. The van der Waals surface area contributed by atoms with Gasteiger partial charge in [0.15, 0.2) is 0 Å². The van der Waals surface area contributed by atoms with Crippen molar-refractivity contribution in [3.05, 3.63) is 0 Å². The van der Waals surface area contributed by atoms with Gasteiger partial charge in [-0.3, -0.25) is 9.59 Å².